The van der Waals surface area contributed by atoms with E-state index in [2.05, 4.69) is 0 Å². The van der Waals surface area contributed by atoms with Crippen molar-refractivity contribution in [3.8, 4) is 11.5 Å². The Labute approximate surface area is 111 Å². The minimum absolute atomic E-state index is 0.276. The van der Waals surface area contributed by atoms with E-state index in [1.54, 1.807) is 19.2 Å². The Balaban J connectivity index is 1.90. The summed E-state index contributed by atoms with van der Waals surface area (Å²) in [5, 5.41) is 10.3. The summed E-state index contributed by atoms with van der Waals surface area (Å²) in [6.45, 7) is 0. The lowest BCUT2D eigenvalue weighted by atomic mass is 10.1. The van der Waals surface area contributed by atoms with Gasteiger partial charge < -0.3 is 14.3 Å². The Morgan fingerprint density at radius 2 is 1.84 bits per heavy atom. The van der Waals surface area contributed by atoms with Crippen molar-refractivity contribution in [3.63, 3.8) is 0 Å². The Hall–Kier alpha value is -2.42. The second-order valence-electron chi connectivity index (χ2n) is 4.46. The molecule has 0 bridgehead atoms. The van der Waals surface area contributed by atoms with E-state index in [1.165, 1.54) is 0 Å². The molecule has 1 aromatic heterocycles. The number of methoxy groups -OCH3 is 1. The fourth-order valence-electron chi connectivity index (χ4n) is 2.10. The van der Waals surface area contributed by atoms with Crippen LogP contribution in [0.2, 0.25) is 0 Å². The van der Waals surface area contributed by atoms with Gasteiger partial charge in [0.05, 0.1) is 7.11 Å². The molecule has 96 valence electrons. The maximum atomic E-state index is 9.26. The molecule has 0 aliphatic rings. The second-order valence-corrected chi connectivity index (χ2v) is 4.46. The molecule has 0 aliphatic carbocycles. The molecule has 0 unspecified atom stereocenters. The van der Waals surface area contributed by atoms with Gasteiger partial charge in [-0.25, -0.2) is 0 Å². The van der Waals surface area contributed by atoms with Crippen LogP contribution in [0.4, 0.5) is 0 Å². The number of hydrogen-bond donors (Lipinski definition) is 1. The first-order valence-electron chi connectivity index (χ1n) is 6.09. The van der Waals surface area contributed by atoms with Crippen molar-refractivity contribution in [1.82, 2.24) is 0 Å². The number of fused-ring (bicyclic) bond motifs is 1. The lowest BCUT2D eigenvalue weighted by Crippen LogP contribution is -1.83. The molecule has 3 aromatic rings. The van der Waals surface area contributed by atoms with Gasteiger partial charge in [0.15, 0.2) is 0 Å². The Morgan fingerprint density at radius 1 is 1.05 bits per heavy atom. The van der Waals surface area contributed by atoms with E-state index in [-0.39, 0.29) is 5.75 Å². The Kier molecular flexibility index (Phi) is 2.88. The summed E-state index contributed by atoms with van der Waals surface area (Å²) in [4.78, 5) is 0. The molecule has 0 amide bonds. The number of benzene rings is 2. The molecule has 0 saturated carbocycles. The van der Waals surface area contributed by atoms with Gasteiger partial charge in [0.25, 0.3) is 0 Å². The van der Waals surface area contributed by atoms with Crippen molar-refractivity contribution < 1.29 is 14.3 Å². The lowest BCUT2D eigenvalue weighted by molar-refractivity contribution is 0.414. The standard InChI is InChI=1S/C16H14O3/c1-18-14-7-4-12-9-15(19-16(12)10-14)8-11-2-5-13(17)6-3-11/h2-7,9-10,17H,8H2,1H3. The molecule has 0 spiro atoms. The third-order valence-electron chi connectivity index (χ3n) is 3.09. The summed E-state index contributed by atoms with van der Waals surface area (Å²) in [6, 6.07) is 15.0. The van der Waals surface area contributed by atoms with Crippen LogP contribution in [0.15, 0.2) is 52.9 Å². The van der Waals surface area contributed by atoms with Gasteiger partial charge in [-0.05, 0) is 35.9 Å². The second kappa shape index (κ2) is 4.69. The third-order valence-corrected chi connectivity index (χ3v) is 3.09. The van der Waals surface area contributed by atoms with Crippen LogP contribution in [-0.2, 0) is 6.42 Å². The van der Waals surface area contributed by atoms with E-state index in [9.17, 15) is 5.11 Å². The van der Waals surface area contributed by atoms with Crippen LogP contribution in [0.1, 0.15) is 11.3 Å². The third kappa shape index (κ3) is 2.40. The van der Waals surface area contributed by atoms with Gasteiger partial charge in [-0.2, -0.15) is 0 Å². The summed E-state index contributed by atoms with van der Waals surface area (Å²) < 4.78 is 11.0. The molecule has 0 fully saturated rings. The molecule has 0 radical (unpaired) electrons. The number of aromatic hydroxyl groups is 1. The molecule has 1 heterocycles. The number of phenols is 1. The summed E-state index contributed by atoms with van der Waals surface area (Å²) in [5.74, 6) is 1.96. The van der Waals surface area contributed by atoms with E-state index in [0.717, 1.165) is 28.0 Å². The maximum absolute atomic E-state index is 9.26. The summed E-state index contributed by atoms with van der Waals surface area (Å²) in [7, 11) is 1.64. The molecule has 0 aliphatic heterocycles. The smallest absolute Gasteiger partial charge is 0.137 e. The summed E-state index contributed by atoms with van der Waals surface area (Å²) in [6.07, 6.45) is 0.706. The number of ether oxygens (including phenoxy) is 1. The van der Waals surface area contributed by atoms with Crippen LogP contribution >= 0.6 is 0 Å². The average Bonchev–Trinajstić information content (AvgIpc) is 2.82. The number of furan rings is 1. The SMILES string of the molecule is COc1ccc2cc(Cc3ccc(O)cc3)oc2c1. The molecular weight excluding hydrogens is 240 g/mol. The minimum atomic E-state index is 0.276. The first-order valence-corrected chi connectivity index (χ1v) is 6.09. The van der Waals surface area contributed by atoms with E-state index in [1.807, 2.05) is 36.4 Å². The molecule has 3 heteroatoms. The predicted octanol–water partition coefficient (Wildman–Crippen LogP) is 3.74. The van der Waals surface area contributed by atoms with Crippen LogP contribution in [0.3, 0.4) is 0 Å². The van der Waals surface area contributed by atoms with Crippen LogP contribution in [0.25, 0.3) is 11.0 Å². The molecule has 3 nitrogen and oxygen atoms in total. The zero-order valence-electron chi connectivity index (χ0n) is 10.6. The van der Waals surface area contributed by atoms with Crippen LogP contribution in [0.5, 0.6) is 11.5 Å². The van der Waals surface area contributed by atoms with Crippen molar-refractivity contribution >= 4 is 11.0 Å². The van der Waals surface area contributed by atoms with Crippen molar-refractivity contribution in [2.24, 2.45) is 0 Å². The zero-order valence-corrected chi connectivity index (χ0v) is 10.6. The number of rotatable bonds is 3. The molecule has 19 heavy (non-hydrogen) atoms. The van der Waals surface area contributed by atoms with Gasteiger partial charge in [0, 0.05) is 17.9 Å². The zero-order chi connectivity index (χ0) is 13.2. The molecular formula is C16H14O3. The molecule has 3 rings (SSSR count). The summed E-state index contributed by atoms with van der Waals surface area (Å²) in [5.41, 5.74) is 1.93. The first-order chi connectivity index (χ1) is 9.24. The van der Waals surface area contributed by atoms with Gasteiger partial charge in [0.1, 0.15) is 22.8 Å². The van der Waals surface area contributed by atoms with Gasteiger partial charge in [-0.1, -0.05) is 12.1 Å². The Bertz CT molecular complexity index is 696. The van der Waals surface area contributed by atoms with E-state index in [4.69, 9.17) is 9.15 Å². The lowest BCUT2D eigenvalue weighted by Gasteiger charge is -1.98. The van der Waals surface area contributed by atoms with Crippen LogP contribution in [0, 0.1) is 0 Å². The Morgan fingerprint density at radius 3 is 2.58 bits per heavy atom. The van der Waals surface area contributed by atoms with E-state index >= 15 is 0 Å². The van der Waals surface area contributed by atoms with Crippen molar-refractivity contribution in [1.29, 1.82) is 0 Å². The highest BCUT2D eigenvalue weighted by Gasteiger charge is 2.06. The highest BCUT2D eigenvalue weighted by atomic mass is 16.5. The number of phenolic OH excluding ortho intramolecular Hbond substituents is 1. The normalized spacial score (nSPS) is 10.8. The van der Waals surface area contributed by atoms with Gasteiger partial charge >= 0.3 is 0 Å². The van der Waals surface area contributed by atoms with Crippen LogP contribution < -0.4 is 4.74 Å². The molecule has 1 N–H and O–H groups in total. The topological polar surface area (TPSA) is 42.6 Å². The minimum Gasteiger partial charge on any atom is -0.508 e. The van der Waals surface area contributed by atoms with Gasteiger partial charge in [-0.15, -0.1) is 0 Å². The fourth-order valence-corrected chi connectivity index (χ4v) is 2.10. The fraction of sp³-hybridized carbons (Fsp3) is 0.125. The molecule has 0 saturated heterocycles. The number of hydrogen-bond acceptors (Lipinski definition) is 3. The van der Waals surface area contributed by atoms with E-state index in [0.29, 0.717) is 6.42 Å². The van der Waals surface area contributed by atoms with E-state index < -0.39 is 0 Å². The first kappa shape index (κ1) is 11.7. The average molecular weight is 254 g/mol. The highest BCUT2D eigenvalue weighted by Crippen LogP contribution is 2.25. The predicted molar refractivity (Wildman–Crippen MR) is 73.7 cm³/mol. The molecule has 2 aromatic carbocycles. The van der Waals surface area contributed by atoms with Gasteiger partial charge in [-0.3, -0.25) is 0 Å². The largest absolute Gasteiger partial charge is 0.508 e. The summed E-state index contributed by atoms with van der Waals surface area (Å²) >= 11 is 0. The van der Waals surface area contributed by atoms with Crippen molar-refractivity contribution in [2.75, 3.05) is 7.11 Å². The van der Waals surface area contributed by atoms with Crippen molar-refractivity contribution in [3.05, 3.63) is 59.9 Å². The monoisotopic (exact) mass is 254 g/mol. The highest BCUT2D eigenvalue weighted by molar-refractivity contribution is 5.79. The van der Waals surface area contributed by atoms with Gasteiger partial charge in [0.2, 0.25) is 0 Å². The van der Waals surface area contributed by atoms with Crippen LogP contribution in [-0.4, -0.2) is 12.2 Å². The quantitative estimate of drug-likeness (QED) is 0.774. The van der Waals surface area contributed by atoms with Crippen molar-refractivity contribution in [2.45, 2.75) is 6.42 Å². The molecule has 0 atom stereocenters. The maximum Gasteiger partial charge on any atom is 0.137 e.